The maximum Gasteiger partial charge on any atom is 0.325 e. The monoisotopic (exact) mass is 222 g/mol. The summed E-state index contributed by atoms with van der Waals surface area (Å²) >= 11 is 0. The molecule has 0 aliphatic heterocycles. The second-order valence-electron chi connectivity index (χ2n) is 2.68. The Morgan fingerprint density at radius 2 is 1.88 bits per heavy atom. The van der Waals surface area contributed by atoms with Gasteiger partial charge in [-0.25, -0.2) is 0 Å². The van der Waals surface area contributed by atoms with E-state index in [1.165, 1.54) is 0 Å². The quantitative estimate of drug-likeness (QED) is 0.715. The van der Waals surface area contributed by atoms with Crippen LogP contribution < -0.4 is 14.8 Å². The molecule has 0 aliphatic carbocycles. The molecule has 0 aromatic carbocycles. The van der Waals surface area contributed by atoms with Gasteiger partial charge >= 0.3 is 12.0 Å². The molecule has 0 fully saturated rings. The largest absolute Gasteiger partial charge is 0.464 e. The van der Waals surface area contributed by atoms with Crippen molar-refractivity contribution in [2.75, 3.05) is 25.1 Å². The summed E-state index contributed by atoms with van der Waals surface area (Å²) in [4.78, 5) is 12.0. The molecule has 0 saturated heterocycles. The van der Waals surface area contributed by atoms with Crippen molar-refractivity contribution in [2.45, 2.75) is 13.8 Å². The van der Waals surface area contributed by atoms with Crippen LogP contribution in [-0.4, -0.2) is 34.7 Å². The number of hydrogen-bond donors (Lipinski definition) is 1. The van der Waals surface area contributed by atoms with E-state index in [9.17, 15) is 0 Å². The van der Waals surface area contributed by atoms with Gasteiger partial charge in [0.1, 0.15) is 0 Å². The first-order chi connectivity index (χ1) is 7.80. The molecule has 1 rings (SSSR count). The maximum atomic E-state index is 5.18. The molecule has 6 heteroatoms. The molecule has 1 aromatic heterocycles. The van der Waals surface area contributed by atoms with Crippen molar-refractivity contribution in [3.8, 4) is 24.4 Å². The predicted molar refractivity (Wildman–Crippen MR) is 59.5 cm³/mol. The second-order valence-corrected chi connectivity index (χ2v) is 2.68. The minimum Gasteiger partial charge on any atom is -0.464 e. The third-order valence-corrected chi connectivity index (χ3v) is 1.49. The Labute approximate surface area is 94.4 Å². The van der Waals surface area contributed by atoms with Gasteiger partial charge in [0.05, 0.1) is 6.61 Å². The van der Waals surface area contributed by atoms with Crippen molar-refractivity contribution in [1.82, 2.24) is 15.0 Å². The van der Waals surface area contributed by atoms with Crippen LogP contribution in [0.2, 0.25) is 0 Å². The van der Waals surface area contributed by atoms with Crippen molar-refractivity contribution in [3.05, 3.63) is 0 Å². The SMILES string of the molecule is C#CCOc1nc(NCC)nc(OCC)n1. The van der Waals surface area contributed by atoms with Crippen molar-refractivity contribution in [1.29, 1.82) is 0 Å². The Kier molecular flexibility index (Phi) is 4.86. The summed E-state index contributed by atoms with van der Waals surface area (Å²) in [5.74, 6) is 2.75. The fraction of sp³-hybridized carbons (Fsp3) is 0.500. The van der Waals surface area contributed by atoms with E-state index in [1.54, 1.807) is 0 Å². The third-order valence-electron chi connectivity index (χ3n) is 1.49. The smallest absolute Gasteiger partial charge is 0.325 e. The van der Waals surface area contributed by atoms with Crippen LogP contribution in [0.3, 0.4) is 0 Å². The second kappa shape index (κ2) is 6.45. The molecule has 1 heterocycles. The number of terminal acetylenes is 1. The van der Waals surface area contributed by atoms with Crippen molar-refractivity contribution >= 4 is 5.95 Å². The minimum absolute atomic E-state index is 0.112. The van der Waals surface area contributed by atoms with E-state index >= 15 is 0 Å². The first-order valence-electron chi connectivity index (χ1n) is 4.99. The van der Waals surface area contributed by atoms with Crippen LogP contribution in [0.5, 0.6) is 12.0 Å². The van der Waals surface area contributed by atoms with Gasteiger partial charge in [0, 0.05) is 6.54 Å². The summed E-state index contributed by atoms with van der Waals surface area (Å²) < 4.78 is 10.3. The molecule has 0 saturated carbocycles. The number of aromatic nitrogens is 3. The number of hydrogen-bond acceptors (Lipinski definition) is 6. The zero-order valence-corrected chi connectivity index (χ0v) is 9.36. The van der Waals surface area contributed by atoms with Crippen molar-refractivity contribution < 1.29 is 9.47 Å². The van der Waals surface area contributed by atoms with Gasteiger partial charge in [-0.2, -0.15) is 9.97 Å². The van der Waals surface area contributed by atoms with Crippen LogP contribution in [0.4, 0.5) is 5.95 Å². The number of anilines is 1. The van der Waals surface area contributed by atoms with Crippen LogP contribution in [0, 0.1) is 12.3 Å². The van der Waals surface area contributed by atoms with Gasteiger partial charge in [-0.05, 0) is 13.8 Å². The van der Waals surface area contributed by atoms with Crippen LogP contribution in [-0.2, 0) is 0 Å². The highest BCUT2D eigenvalue weighted by atomic mass is 16.5. The normalized spacial score (nSPS) is 9.31. The summed E-state index contributed by atoms with van der Waals surface area (Å²) in [6, 6.07) is 0.382. The van der Waals surface area contributed by atoms with Crippen LogP contribution in [0.15, 0.2) is 0 Å². The molecule has 86 valence electrons. The fourth-order valence-electron chi connectivity index (χ4n) is 0.940. The molecule has 0 radical (unpaired) electrons. The zero-order valence-electron chi connectivity index (χ0n) is 9.36. The molecule has 0 atom stereocenters. The molecular formula is C10H14N4O2. The highest BCUT2D eigenvalue weighted by Gasteiger charge is 2.07. The van der Waals surface area contributed by atoms with E-state index in [-0.39, 0.29) is 18.6 Å². The van der Waals surface area contributed by atoms with Gasteiger partial charge in [0.15, 0.2) is 6.61 Å². The summed E-state index contributed by atoms with van der Waals surface area (Å²) in [5, 5.41) is 2.95. The average molecular weight is 222 g/mol. The van der Waals surface area contributed by atoms with Gasteiger partial charge in [-0.15, -0.1) is 11.4 Å². The Morgan fingerprint density at radius 3 is 2.44 bits per heavy atom. The third kappa shape index (κ3) is 3.61. The van der Waals surface area contributed by atoms with E-state index in [2.05, 4.69) is 26.2 Å². The van der Waals surface area contributed by atoms with E-state index in [0.717, 1.165) is 0 Å². The maximum absolute atomic E-state index is 5.18. The minimum atomic E-state index is 0.112. The molecule has 6 nitrogen and oxygen atoms in total. The first kappa shape index (κ1) is 12.0. The van der Waals surface area contributed by atoms with Gasteiger partial charge in [0.25, 0.3) is 0 Å². The van der Waals surface area contributed by atoms with Gasteiger partial charge in [0.2, 0.25) is 5.95 Å². The fourth-order valence-corrected chi connectivity index (χ4v) is 0.940. The highest BCUT2D eigenvalue weighted by Crippen LogP contribution is 2.12. The molecule has 1 N–H and O–H groups in total. The lowest BCUT2D eigenvalue weighted by Crippen LogP contribution is -2.09. The average Bonchev–Trinajstić information content (AvgIpc) is 2.27. The Bertz CT molecular complexity index is 351. The summed E-state index contributed by atoms with van der Waals surface area (Å²) in [6.45, 7) is 5.07. The molecule has 1 aromatic rings. The van der Waals surface area contributed by atoms with Gasteiger partial charge < -0.3 is 14.8 Å². The number of ether oxygens (including phenoxy) is 2. The Balaban J connectivity index is 2.85. The molecule has 0 spiro atoms. The molecular weight excluding hydrogens is 208 g/mol. The summed E-state index contributed by atoms with van der Waals surface area (Å²) in [6.07, 6.45) is 5.08. The lowest BCUT2D eigenvalue weighted by molar-refractivity contribution is 0.290. The number of nitrogens with zero attached hydrogens (tertiary/aromatic N) is 3. The molecule has 0 amide bonds. The van der Waals surface area contributed by atoms with E-state index in [4.69, 9.17) is 15.9 Å². The predicted octanol–water partition coefficient (Wildman–Crippen LogP) is 0.714. The highest BCUT2D eigenvalue weighted by molar-refractivity contribution is 5.27. The van der Waals surface area contributed by atoms with E-state index in [0.29, 0.717) is 19.1 Å². The number of rotatable bonds is 6. The lowest BCUT2D eigenvalue weighted by Gasteiger charge is -2.07. The Hall–Kier alpha value is -2.03. The number of nitrogens with one attached hydrogen (secondary N) is 1. The first-order valence-corrected chi connectivity index (χ1v) is 4.99. The molecule has 0 unspecified atom stereocenters. The van der Waals surface area contributed by atoms with Crippen LogP contribution in [0.1, 0.15) is 13.8 Å². The van der Waals surface area contributed by atoms with Crippen molar-refractivity contribution in [2.24, 2.45) is 0 Å². The topological polar surface area (TPSA) is 69.2 Å². The molecule has 0 aliphatic rings. The van der Waals surface area contributed by atoms with E-state index in [1.807, 2.05) is 13.8 Å². The molecule has 16 heavy (non-hydrogen) atoms. The standard InChI is InChI=1S/C10H14N4O2/c1-4-7-16-10-13-8(11-5-2)12-9(14-10)15-6-3/h1H,5-7H2,2-3H3,(H,11,12,13,14). The van der Waals surface area contributed by atoms with Gasteiger partial charge in [-0.1, -0.05) is 5.92 Å². The van der Waals surface area contributed by atoms with E-state index < -0.39 is 0 Å². The molecule has 0 bridgehead atoms. The van der Waals surface area contributed by atoms with Crippen LogP contribution in [0.25, 0.3) is 0 Å². The lowest BCUT2D eigenvalue weighted by atomic mass is 10.7. The summed E-state index contributed by atoms with van der Waals surface area (Å²) in [5.41, 5.74) is 0. The van der Waals surface area contributed by atoms with Crippen LogP contribution >= 0.6 is 0 Å². The van der Waals surface area contributed by atoms with Crippen molar-refractivity contribution in [3.63, 3.8) is 0 Å². The van der Waals surface area contributed by atoms with Gasteiger partial charge in [-0.3, -0.25) is 0 Å². The summed E-state index contributed by atoms with van der Waals surface area (Å²) in [7, 11) is 0. The zero-order chi connectivity index (χ0) is 11.8. The Morgan fingerprint density at radius 1 is 1.19 bits per heavy atom.